The first-order valence-electron chi connectivity index (χ1n) is 13.3. The Bertz CT molecular complexity index is 1350. The predicted octanol–water partition coefficient (Wildman–Crippen LogP) is 8.16. The highest BCUT2D eigenvalue weighted by atomic mass is 35.5. The highest BCUT2D eigenvalue weighted by molar-refractivity contribution is 7.82. The van der Waals surface area contributed by atoms with Crippen LogP contribution >= 0.6 is 18.7 Å². The molecule has 0 heterocycles. The molecule has 4 rings (SSSR count). The summed E-state index contributed by atoms with van der Waals surface area (Å²) < 4.78 is 10.2. The van der Waals surface area contributed by atoms with E-state index in [9.17, 15) is 9.90 Å². The van der Waals surface area contributed by atoms with Crippen LogP contribution in [0.25, 0.3) is 0 Å². The fourth-order valence-electron chi connectivity index (χ4n) is 5.49. The summed E-state index contributed by atoms with van der Waals surface area (Å²) in [5.74, 6) is 0. The van der Waals surface area contributed by atoms with Crippen LogP contribution in [0.5, 0.6) is 0 Å². The Morgan fingerprint density at radius 1 is 0.872 bits per heavy atom. The van der Waals surface area contributed by atoms with Gasteiger partial charge in [0, 0.05) is 17.2 Å². The number of unbranched alkanes of at least 4 members (excludes halogenated alkanes) is 1. The van der Waals surface area contributed by atoms with Crippen LogP contribution in [0.4, 0.5) is 4.79 Å². The maximum absolute atomic E-state index is 13.3. The Hall–Kier alpha value is -3.17. The standard InChI is InChI=1S/C33H35ClNO3P/c1-3-4-24-33(25-26-14-8-5-9-15-26,31(36)27-20-22-28(34)23-21-27)39(35-32(37)38-2,29-16-10-6-11-17-29)30-18-12-7-13-19-30/h5-23,31,36H,3-4,24-25H2,1-2H3. The minimum Gasteiger partial charge on any atom is -0.451 e. The number of hydrogen-bond donors (Lipinski definition) is 1. The summed E-state index contributed by atoms with van der Waals surface area (Å²) >= 11 is 6.26. The van der Waals surface area contributed by atoms with Gasteiger partial charge in [0.15, 0.2) is 0 Å². The largest absolute Gasteiger partial charge is 0.451 e. The third-order valence-electron chi connectivity index (χ3n) is 7.32. The Labute approximate surface area is 236 Å². The first-order valence-corrected chi connectivity index (χ1v) is 15.4. The van der Waals surface area contributed by atoms with Gasteiger partial charge in [-0.3, -0.25) is 0 Å². The Morgan fingerprint density at radius 2 is 1.38 bits per heavy atom. The fourth-order valence-corrected chi connectivity index (χ4v) is 10.3. The minimum absolute atomic E-state index is 0.510. The molecule has 202 valence electrons. The number of methoxy groups -OCH3 is 1. The molecule has 2 atom stereocenters. The van der Waals surface area contributed by atoms with Gasteiger partial charge in [-0.25, -0.2) is 4.79 Å². The lowest BCUT2D eigenvalue weighted by Crippen LogP contribution is -2.45. The number of rotatable bonds is 10. The molecule has 0 aliphatic carbocycles. The average Bonchev–Trinajstić information content (AvgIpc) is 2.99. The zero-order valence-electron chi connectivity index (χ0n) is 22.4. The maximum Gasteiger partial charge on any atom is 0.432 e. The molecular formula is C33H35ClNO3P. The summed E-state index contributed by atoms with van der Waals surface area (Å²) in [7, 11) is -1.72. The van der Waals surface area contributed by atoms with Gasteiger partial charge in [-0.2, -0.15) is 4.74 Å². The Morgan fingerprint density at radius 3 is 1.87 bits per heavy atom. The summed E-state index contributed by atoms with van der Waals surface area (Å²) in [5.41, 5.74) is 1.81. The van der Waals surface area contributed by atoms with Gasteiger partial charge < -0.3 is 9.84 Å². The molecule has 0 aliphatic heterocycles. The van der Waals surface area contributed by atoms with Crippen molar-refractivity contribution in [2.24, 2.45) is 4.74 Å². The van der Waals surface area contributed by atoms with Crippen molar-refractivity contribution in [2.75, 3.05) is 7.11 Å². The number of benzene rings is 4. The fraction of sp³-hybridized carbons (Fsp3) is 0.242. The van der Waals surface area contributed by atoms with Crippen LogP contribution in [-0.4, -0.2) is 23.5 Å². The second-order valence-corrected chi connectivity index (χ2v) is 13.5. The smallest absolute Gasteiger partial charge is 0.432 e. The molecule has 6 heteroatoms. The van der Waals surface area contributed by atoms with E-state index in [4.69, 9.17) is 21.1 Å². The van der Waals surface area contributed by atoms with Crippen molar-refractivity contribution in [3.8, 4) is 0 Å². The van der Waals surface area contributed by atoms with E-state index in [0.29, 0.717) is 17.9 Å². The summed E-state index contributed by atoms with van der Waals surface area (Å²) in [6.45, 7) is 2.14. The molecule has 0 aliphatic rings. The second kappa shape index (κ2) is 13.3. The van der Waals surface area contributed by atoms with Crippen molar-refractivity contribution in [3.05, 3.63) is 131 Å². The van der Waals surface area contributed by atoms with E-state index >= 15 is 0 Å². The number of carbonyl (C=O) groups is 1. The molecule has 39 heavy (non-hydrogen) atoms. The van der Waals surface area contributed by atoms with Gasteiger partial charge in [-0.05, 0) is 46.7 Å². The number of aliphatic hydroxyl groups excluding tert-OH is 1. The van der Waals surface area contributed by atoms with Crippen molar-refractivity contribution in [3.63, 3.8) is 0 Å². The van der Waals surface area contributed by atoms with E-state index in [1.807, 2.05) is 91.0 Å². The summed E-state index contributed by atoms with van der Waals surface area (Å²) in [5, 5.41) is 14.2. The van der Waals surface area contributed by atoms with Crippen molar-refractivity contribution >= 4 is 35.4 Å². The van der Waals surface area contributed by atoms with Crippen LogP contribution in [0.3, 0.4) is 0 Å². The third kappa shape index (κ3) is 6.04. The topological polar surface area (TPSA) is 58.9 Å². The molecule has 0 radical (unpaired) electrons. The van der Waals surface area contributed by atoms with Crippen LogP contribution in [0.1, 0.15) is 43.4 Å². The van der Waals surface area contributed by atoms with Gasteiger partial charge in [0.1, 0.15) is 0 Å². The molecular weight excluding hydrogens is 525 g/mol. The highest BCUT2D eigenvalue weighted by Crippen LogP contribution is 2.67. The number of hydrogen-bond acceptors (Lipinski definition) is 3. The lowest BCUT2D eigenvalue weighted by Gasteiger charge is -2.48. The number of carbonyl (C=O) groups excluding carboxylic acids is 1. The summed E-state index contributed by atoms with van der Waals surface area (Å²) in [6, 6.07) is 37.5. The number of amides is 1. The van der Waals surface area contributed by atoms with Crippen molar-refractivity contribution < 1.29 is 14.6 Å². The van der Waals surface area contributed by atoms with Gasteiger partial charge >= 0.3 is 6.09 Å². The summed E-state index contributed by atoms with van der Waals surface area (Å²) in [4.78, 5) is 13.3. The van der Waals surface area contributed by atoms with Gasteiger partial charge in [0.05, 0.1) is 13.2 Å². The molecule has 0 spiro atoms. The van der Waals surface area contributed by atoms with Gasteiger partial charge in [0.25, 0.3) is 0 Å². The molecule has 1 N–H and O–H groups in total. The minimum atomic E-state index is -3.08. The van der Waals surface area contributed by atoms with E-state index in [1.54, 1.807) is 12.1 Å². The number of halogens is 1. The van der Waals surface area contributed by atoms with Gasteiger partial charge in [0.2, 0.25) is 0 Å². The molecule has 4 nitrogen and oxygen atoms in total. The molecule has 0 saturated carbocycles. The molecule has 0 saturated heterocycles. The number of nitrogens with zero attached hydrogens (tertiary/aromatic N) is 1. The summed E-state index contributed by atoms with van der Waals surface area (Å²) in [6.07, 6.45) is 1.31. The van der Waals surface area contributed by atoms with Crippen molar-refractivity contribution in [1.29, 1.82) is 0 Å². The Balaban J connectivity index is 2.19. The molecule has 1 amide bonds. The van der Waals surface area contributed by atoms with E-state index in [1.165, 1.54) is 7.11 Å². The number of ether oxygens (including phenoxy) is 1. The van der Waals surface area contributed by atoms with Crippen molar-refractivity contribution in [2.45, 2.75) is 43.9 Å². The normalized spacial score (nSPS) is 13.7. The molecule has 4 aromatic rings. The van der Waals surface area contributed by atoms with E-state index < -0.39 is 24.4 Å². The molecule has 0 fully saturated rings. The first kappa shape index (κ1) is 28.8. The maximum atomic E-state index is 13.3. The predicted molar refractivity (Wildman–Crippen MR) is 163 cm³/mol. The van der Waals surface area contributed by atoms with Crippen LogP contribution in [0, 0.1) is 0 Å². The third-order valence-corrected chi connectivity index (χ3v) is 12.0. The molecule has 4 aromatic carbocycles. The lowest BCUT2D eigenvalue weighted by atomic mass is 9.85. The van der Waals surface area contributed by atoms with Crippen molar-refractivity contribution in [1.82, 2.24) is 0 Å². The van der Waals surface area contributed by atoms with Crippen LogP contribution in [0.2, 0.25) is 5.02 Å². The first-order chi connectivity index (χ1) is 19.0. The average molecular weight is 560 g/mol. The lowest BCUT2D eigenvalue weighted by molar-refractivity contribution is 0.119. The van der Waals surface area contributed by atoms with Crippen LogP contribution in [-0.2, 0) is 11.2 Å². The zero-order valence-corrected chi connectivity index (χ0v) is 24.1. The van der Waals surface area contributed by atoms with Crippen LogP contribution in [0.15, 0.2) is 120 Å². The van der Waals surface area contributed by atoms with Gasteiger partial charge in [-0.1, -0.05) is 134 Å². The quantitative estimate of drug-likeness (QED) is 0.199. The second-order valence-electron chi connectivity index (χ2n) is 9.70. The van der Waals surface area contributed by atoms with E-state index in [0.717, 1.165) is 34.6 Å². The van der Waals surface area contributed by atoms with Crippen LogP contribution < -0.4 is 10.6 Å². The monoisotopic (exact) mass is 559 g/mol. The highest BCUT2D eigenvalue weighted by Gasteiger charge is 2.53. The zero-order chi connectivity index (χ0) is 27.7. The molecule has 0 aromatic heterocycles. The molecule has 0 bridgehead atoms. The number of aliphatic hydroxyl groups is 1. The van der Waals surface area contributed by atoms with E-state index in [2.05, 4.69) is 19.1 Å². The molecule has 2 unspecified atom stereocenters. The van der Waals surface area contributed by atoms with E-state index in [-0.39, 0.29) is 0 Å². The Kier molecular flexibility index (Phi) is 9.80. The van der Waals surface area contributed by atoms with Gasteiger partial charge in [-0.15, -0.1) is 0 Å². The SMILES string of the molecule is CCCCC(Cc1ccccc1)(C(O)c1ccc(Cl)cc1)P(=NC(=O)OC)(c1ccccc1)c1ccccc1.